The van der Waals surface area contributed by atoms with Crippen molar-refractivity contribution in [2.45, 2.75) is 31.2 Å². The number of carbonyl (C=O) groups is 4. The lowest BCUT2D eigenvalue weighted by Crippen LogP contribution is -2.44. The topological polar surface area (TPSA) is 92.8 Å². The van der Waals surface area contributed by atoms with Crippen LogP contribution in [0.4, 0.5) is 9.18 Å². The molecular formula is C17H17FN2O5. The Labute approximate surface area is 143 Å². The van der Waals surface area contributed by atoms with Crippen molar-refractivity contribution in [2.75, 3.05) is 13.2 Å². The van der Waals surface area contributed by atoms with Gasteiger partial charge in [0.1, 0.15) is 17.9 Å². The van der Waals surface area contributed by atoms with E-state index in [9.17, 15) is 23.6 Å². The summed E-state index contributed by atoms with van der Waals surface area (Å²) in [7, 11) is 0. The first kappa shape index (κ1) is 17.1. The van der Waals surface area contributed by atoms with E-state index in [2.05, 4.69) is 5.32 Å². The third-order valence-corrected chi connectivity index (χ3v) is 4.52. The number of ketones is 1. The van der Waals surface area contributed by atoms with Crippen molar-refractivity contribution in [3.63, 3.8) is 0 Å². The van der Waals surface area contributed by atoms with Crippen LogP contribution in [0.3, 0.4) is 0 Å². The van der Waals surface area contributed by atoms with E-state index < -0.39 is 48.2 Å². The van der Waals surface area contributed by atoms with Crippen LogP contribution >= 0.6 is 0 Å². The van der Waals surface area contributed by atoms with Crippen molar-refractivity contribution in [3.05, 3.63) is 35.6 Å². The van der Waals surface area contributed by atoms with E-state index in [0.29, 0.717) is 12.8 Å². The van der Waals surface area contributed by atoms with Crippen LogP contribution in [-0.4, -0.2) is 47.3 Å². The number of hydrogen-bond acceptors (Lipinski definition) is 5. The Morgan fingerprint density at radius 3 is 2.44 bits per heavy atom. The highest BCUT2D eigenvalue weighted by atomic mass is 19.1. The minimum atomic E-state index is -0.888. The van der Waals surface area contributed by atoms with Gasteiger partial charge in [-0.1, -0.05) is 12.8 Å². The summed E-state index contributed by atoms with van der Waals surface area (Å²) in [4.78, 5) is 48.9. The average molecular weight is 348 g/mol. The molecule has 25 heavy (non-hydrogen) atoms. The number of nitrogens with one attached hydrogen (secondary N) is 1. The van der Waals surface area contributed by atoms with Gasteiger partial charge in [-0.25, -0.2) is 9.18 Å². The molecule has 1 aliphatic heterocycles. The van der Waals surface area contributed by atoms with Gasteiger partial charge < -0.3 is 10.1 Å². The molecule has 1 aromatic rings. The third kappa shape index (κ3) is 3.38. The van der Waals surface area contributed by atoms with Gasteiger partial charge in [0, 0.05) is 5.56 Å². The quantitative estimate of drug-likeness (QED) is 0.493. The van der Waals surface area contributed by atoms with Crippen LogP contribution in [0.5, 0.6) is 0 Å². The molecule has 1 N–H and O–H groups in total. The molecule has 3 rings (SSSR count). The number of benzene rings is 1. The maximum Gasteiger partial charge on any atom is 0.326 e. The van der Waals surface area contributed by atoms with Crippen molar-refractivity contribution >= 4 is 23.7 Å². The number of nitrogens with zero attached hydrogens (tertiary/aromatic N) is 1. The van der Waals surface area contributed by atoms with Crippen molar-refractivity contribution in [1.82, 2.24) is 10.2 Å². The van der Waals surface area contributed by atoms with Crippen LogP contribution in [0.1, 0.15) is 36.0 Å². The molecule has 1 aliphatic carbocycles. The SMILES string of the molecule is O=C(CN1C(=O)NC2(CCCC2)C1=O)OCC(=O)c1ccc(F)cc1. The third-order valence-electron chi connectivity index (χ3n) is 4.52. The Kier molecular flexibility index (Phi) is 4.52. The molecule has 0 atom stereocenters. The summed E-state index contributed by atoms with van der Waals surface area (Å²) in [5, 5.41) is 2.66. The smallest absolute Gasteiger partial charge is 0.326 e. The lowest BCUT2D eigenvalue weighted by atomic mass is 9.98. The number of rotatable bonds is 5. The number of esters is 1. The van der Waals surface area contributed by atoms with Gasteiger partial charge in [0.2, 0.25) is 0 Å². The molecule has 0 aromatic heterocycles. The van der Waals surface area contributed by atoms with Gasteiger partial charge >= 0.3 is 12.0 Å². The van der Waals surface area contributed by atoms with E-state index in [1.54, 1.807) is 0 Å². The van der Waals surface area contributed by atoms with E-state index in [4.69, 9.17) is 4.74 Å². The summed E-state index contributed by atoms with van der Waals surface area (Å²) in [5.74, 6) is -2.25. The average Bonchev–Trinajstić information content (AvgIpc) is 3.14. The van der Waals surface area contributed by atoms with Crippen LogP contribution in [0.25, 0.3) is 0 Å². The second-order valence-corrected chi connectivity index (χ2v) is 6.20. The highest BCUT2D eigenvalue weighted by molar-refractivity contribution is 6.09. The lowest BCUT2D eigenvalue weighted by molar-refractivity contribution is -0.146. The minimum absolute atomic E-state index is 0.203. The standard InChI is InChI=1S/C17H17FN2O5/c18-12-5-3-11(4-6-12)13(21)10-25-14(22)9-20-15(23)17(19-16(20)24)7-1-2-8-17/h3-6H,1-2,7-10H2,(H,19,24). The van der Waals surface area contributed by atoms with E-state index in [0.717, 1.165) is 29.9 Å². The van der Waals surface area contributed by atoms with E-state index in [1.807, 2.05) is 0 Å². The Bertz CT molecular complexity index is 725. The molecular weight excluding hydrogens is 331 g/mol. The molecule has 1 spiro atoms. The summed E-state index contributed by atoms with van der Waals surface area (Å²) < 4.78 is 17.7. The summed E-state index contributed by atoms with van der Waals surface area (Å²) in [6.07, 6.45) is 2.81. The van der Waals surface area contributed by atoms with Crippen LogP contribution in [-0.2, 0) is 14.3 Å². The van der Waals surface area contributed by atoms with Crippen molar-refractivity contribution in [3.8, 4) is 0 Å². The predicted octanol–water partition coefficient (Wildman–Crippen LogP) is 1.42. The van der Waals surface area contributed by atoms with Gasteiger partial charge in [0.05, 0.1) is 0 Å². The van der Waals surface area contributed by atoms with Gasteiger partial charge in [0.25, 0.3) is 5.91 Å². The predicted molar refractivity (Wildman–Crippen MR) is 83.1 cm³/mol. The van der Waals surface area contributed by atoms with Gasteiger partial charge in [-0.05, 0) is 37.1 Å². The fraction of sp³-hybridized carbons (Fsp3) is 0.412. The molecule has 7 nitrogen and oxygen atoms in total. The Morgan fingerprint density at radius 1 is 1.16 bits per heavy atom. The molecule has 2 fully saturated rings. The number of urea groups is 1. The number of Topliss-reactive ketones (excluding diaryl/α,β-unsaturated/α-hetero) is 1. The van der Waals surface area contributed by atoms with Crippen LogP contribution in [0, 0.1) is 5.82 Å². The largest absolute Gasteiger partial charge is 0.456 e. The number of imide groups is 1. The number of amides is 3. The number of ether oxygens (including phenoxy) is 1. The number of hydrogen-bond donors (Lipinski definition) is 1. The molecule has 2 aliphatic rings. The van der Waals surface area contributed by atoms with E-state index in [-0.39, 0.29) is 5.56 Å². The number of halogens is 1. The fourth-order valence-electron chi connectivity index (χ4n) is 3.18. The molecule has 3 amide bonds. The lowest BCUT2D eigenvalue weighted by Gasteiger charge is -2.19. The normalized spacial score (nSPS) is 18.5. The maximum absolute atomic E-state index is 12.8. The van der Waals surface area contributed by atoms with Crippen LogP contribution in [0.2, 0.25) is 0 Å². The van der Waals surface area contributed by atoms with Crippen molar-refractivity contribution < 1.29 is 28.3 Å². The highest BCUT2D eigenvalue weighted by Gasteiger charge is 2.52. The molecule has 1 saturated heterocycles. The summed E-state index contributed by atoms with van der Waals surface area (Å²) in [6, 6.07) is 4.21. The molecule has 0 bridgehead atoms. The van der Waals surface area contributed by atoms with Gasteiger partial charge in [-0.2, -0.15) is 0 Å². The fourth-order valence-corrected chi connectivity index (χ4v) is 3.18. The molecule has 0 unspecified atom stereocenters. The van der Waals surface area contributed by atoms with Crippen molar-refractivity contribution in [2.24, 2.45) is 0 Å². The molecule has 8 heteroatoms. The highest BCUT2D eigenvalue weighted by Crippen LogP contribution is 2.34. The Balaban J connectivity index is 1.54. The van der Waals surface area contributed by atoms with Crippen LogP contribution < -0.4 is 5.32 Å². The zero-order valence-corrected chi connectivity index (χ0v) is 13.4. The zero-order chi connectivity index (χ0) is 18.0. The van der Waals surface area contributed by atoms with E-state index >= 15 is 0 Å². The first-order valence-electron chi connectivity index (χ1n) is 8.00. The van der Waals surface area contributed by atoms with E-state index in [1.165, 1.54) is 12.1 Å². The van der Waals surface area contributed by atoms with Gasteiger partial charge in [-0.3, -0.25) is 19.3 Å². The van der Waals surface area contributed by atoms with Gasteiger partial charge in [-0.15, -0.1) is 0 Å². The Morgan fingerprint density at radius 2 is 1.80 bits per heavy atom. The first-order valence-corrected chi connectivity index (χ1v) is 8.00. The monoisotopic (exact) mass is 348 g/mol. The maximum atomic E-state index is 12.8. The summed E-state index contributed by atoms with van der Waals surface area (Å²) >= 11 is 0. The van der Waals surface area contributed by atoms with Crippen LogP contribution in [0.15, 0.2) is 24.3 Å². The molecule has 1 aromatic carbocycles. The van der Waals surface area contributed by atoms with Gasteiger partial charge in [0.15, 0.2) is 12.4 Å². The summed E-state index contributed by atoms with van der Waals surface area (Å²) in [6.45, 7) is -1.08. The second-order valence-electron chi connectivity index (χ2n) is 6.20. The zero-order valence-electron chi connectivity index (χ0n) is 13.4. The molecule has 1 heterocycles. The molecule has 132 valence electrons. The first-order chi connectivity index (χ1) is 11.9. The summed E-state index contributed by atoms with van der Waals surface area (Å²) in [5.41, 5.74) is -0.685. The van der Waals surface area contributed by atoms with Crippen molar-refractivity contribution in [1.29, 1.82) is 0 Å². The minimum Gasteiger partial charge on any atom is -0.456 e. The molecule has 0 radical (unpaired) electrons. The number of carbonyl (C=O) groups excluding carboxylic acids is 4. The Hall–Kier alpha value is -2.77. The second kappa shape index (κ2) is 6.62. The molecule has 1 saturated carbocycles.